The average Bonchev–Trinajstić information content (AvgIpc) is 2.80. The number of nitrogens with zero attached hydrogens (tertiary/aromatic N) is 1. The standard InChI is InChI=1S/C24H18BrIN2O5S/c1-15-3-9-20(10-4-15)34(30,31)33-23-21(26)12-16(13-22(23)32-2)11-17(14-27)24(29)28-19-7-5-18(25)6-8-19/h3-13H,1-2H3,(H,28,29)/b17-11-. The summed E-state index contributed by atoms with van der Waals surface area (Å²) in [5.74, 6) is -0.431. The molecule has 1 N–H and O–H groups in total. The molecule has 3 aromatic rings. The molecule has 0 aliphatic rings. The van der Waals surface area contributed by atoms with Crippen LogP contribution in [0.4, 0.5) is 5.69 Å². The second kappa shape index (κ2) is 11.0. The van der Waals surface area contributed by atoms with Gasteiger partial charge in [-0.25, -0.2) is 0 Å². The van der Waals surface area contributed by atoms with E-state index in [2.05, 4.69) is 21.2 Å². The molecule has 10 heteroatoms. The van der Waals surface area contributed by atoms with E-state index in [9.17, 15) is 18.5 Å². The van der Waals surface area contributed by atoms with Crippen molar-refractivity contribution in [2.24, 2.45) is 0 Å². The van der Waals surface area contributed by atoms with Crippen LogP contribution in [0.1, 0.15) is 11.1 Å². The molecule has 34 heavy (non-hydrogen) atoms. The summed E-state index contributed by atoms with van der Waals surface area (Å²) < 4.78 is 37.5. The third kappa shape index (κ3) is 6.37. The first kappa shape index (κ1) is 25.7. The normalized spacial score (nSPS) is 11.4. The lowest BCUT2D eigenvalue weighted by molar-refractivity contribution is -0.112. The Balaban J connectivity index is 1.90. The first-order chi connectivity index (χ1) is 16.1. The number of aryl methyl sites for hydroxylation is 1. The minimum atomic E-state index is -4.10. The van der Waals surface area contributed by atoms with Crippen LogP contribution >= 0.6 is 38.5 Å². The van der Waals surface area contributed by atoms with Gasteiger partial charge in [0.1, 0.15) is 16.5 Å². The molecule has 0 fully saturated rings. The Morgan fingerprint density at radius 1 is 1.12 bits per heavy atom. The predicted octanol–water partition coefficient (Wildman–Crippen LogP) is 5.68. The fourth-order valence-electron chi connectivity index (χ4n) is 2.81. The fraction of sp³-hybridized carbons (Fsp3) is 0.0833. The molecule has 3 aromatic carbocycles. The zero-order valence-corrected chi connectivity index (χ0v) is 22.6. The van der Waals surface area contributed by atoms with E-state index in [0.717, 1.165) is 10.0 Å². The monoisotopic (exact) mass is 652 g/mol. The zero-order chi connectivity index (χ0) is 24.9. The molecule has 0 bridgehead atoms. The summed E-state index contributed by atoms with van der Waals surface area (Å²) in [6, 6.07) is 18.2. The molecule has 0 atom stereocenters. The maximum atomic E-state index is 12.7. The van der Waals surface area contributed by atoms with Crippen LogP contribution in [0.3, 0.4) is 0 Å². The first-order valence-electron chi connectivity index (χ1n) is 9.70. The van der Waals surface area contributed by atoms with Crippen LogP contribution in [0.5, 0.6) is 11.5 Å². The van der Waals surface area contributed by atoms with Crippen molar-refractivity contribution in [3.8, 4) is 17.6 Å². The van der Waals surface area contributed by atoms with Crippen LogP contribution in [-0.2, 0) is 14.9 Å². The van der Waals surface area contributed by atoms with Crippen molar-refractivity contribution < 1.29 is 22.1 Å². The molecule has 0 aromatic heterocycles. The number of carbonyl (C=O) groups excluding carboxylic acids is 1. The van der Waals surface area contributed by atoms with E-state index in [0.29, 0.717) is 14.8 Å². The zero-order valence-electron chi connectivity index (χ0n) is 18.0. The van der Waals surface area contributed by atoms with E-state index in [1.165, 1.54) is 31.4 Å². The average molecular weight is 653 g/mol. The maximum Gasteiger partial charge on any atom is 0.339 e. The topological polar surface area (TPSA) is 105 Å². The number of rotatable bonds is 7. The minimum absolute atomic E-state index is 0.0105. The summed E-state index contributed by atoms with van der Waals surface area (Å²) in [7, 11) is -2.73. The first-order valence-corrected chi connectivity index (χ1v) is 13.0. The SMILES string of the molecule is COc1cc(/C=C(/C#N)C(=O)Nc2ccc(Br)cc2)cc(I)c1OS(=O)(=O)c1ccc(C)cc1. The van der Waals surface area contributed by atoms with Gasteiger partial charge >= 0.3 is 10.1 Å². The third-order valence-electron chi connectivity index (χ3n) is 4.53. The van der Waals surface area contributed by atoms with Gasteiger partial charge in [-0.2, -0.15) is 13.7 Å². The van der Waals surface area contributed by atoms with Gasteiger partial charge in [-0.05, 0) is 89.7 Å². The van der Waals surface area contributed by atoms with E-state index in [1.54, 1.807) is 42.5 Å². The molecular weight excluding hydrogens is 635 g/mol. The molecule has 0 unspecified atom stereocenters. The smallest absolute Gasteiger partial charge is 0.339 e. The van der Waals surface area contributed by atoms with Gasteiger partial charge < -0.3 is 14.2 Å². The molecule has 1 amide bonds. The van der Waals surface area contributed by atoms with Crippen LogP contribution in [0.25, 0.3) is 6.08 Å². The number of ether oxygens (including phenoxy) is 1. The highest BCUT2D eigenvalue weighted by Crippen LogP contribution is 2.36. The highest BCUT2D eigenvalue weighted by Gasteiger charge is 2.22. The quantitative estimate of drug-likeness (QED) is 0.152. The molecule has 0 aliphatic heterocycles. The number of halogens is 2. The second-order valence-corrected chi connectivity index (χ2v) is 10.6. The highest BCUT2D eigenvalue weighted by atomic mass is 127. The second-order valence-electron chi connectivity index (χ2n) is 7.02. The van der Waals surface area contributed by atoms with Gasteiger partial charge in [-0.3, -0.25) is 4.79 Å². The number of carbonyl (C=O) groups is 1. The Labute approximate surface area is 219 Å². The van der Waals surface area contributed by atoms with Crippen LogP contribution in [0.15, 0.2) is 75.6 Å². The van der Waals surface area contributed by atoms with Gasteiger partial charge in [0.25, 0.3) is 5.91 Å². The minimum Gasteiger partial charge on any atom is -0.493 e. The Morgan fingerprint density at radius 2 is 1.76 bits per heavy atom. The molecule has 174 valence electrons. The Hall–Kier alpha value is -2.88. The molecule has 0 radical (unpaired) electrons. The van der Waals surface area contributed by atoms with Crippen molar-refractivity contribution in [1.82, 2.24) is 0 Å². The molecule has 0 heterocycles. The number of amides is 1. The summed E-state index contributed by atoms with van der Waals surface area (Å²) in [5, 5.41) is 12.2. The number of nitrogens with one attached hydrogen (secondary N) is 1. The number of hydrogen-bond donors (Lipinski definition) is 1. The largest absolute Gasteiger partial charge is 0.493 e. The predicted molar refractivity (Wildman–Crippen MR) is 141 cm³/mol. The Bertz CT molecular complexity index is 1400. The van der Waals surface area contributed by atoms with Gasteiger partial charge in [0.05, 0.1) is 10.7 Å². The van der Waals surface area contributed by atoms with Crippen molar-refractivity contribution in [2.75, 3.05) is 12.4 Å². The van der Waals surface area contributed by atoms with E-state index in [1.807, 2.05) is 35.6 Å². The number of hydrogen-bond acceptors (Lipinski definition) is 6. The van der Waals surface area contributed by atoms with E-state index < -0.39 is 16.0 Å². The highest BCUT2D eigenvalue weighted by molar-refractivity contribution is 14.1. The van der Waals surface area contributed by atoms with Crippen molar-refractivity contribution in [1.29, 1.82) is 5.26 Å². The van der Waals surface area contributed by atoms with Crippen molar-refractivity contribution in [2.45, 2.75) is 11.8 Å². The lowest BCUT2D eigenvalue weighted by atomic mass is 10.1. The molecular formula is C24H18BrIN2O5S. The number of nitriles is 1. The summed E-state index contributed by atoms with van der Waals surface area (Å²) >= 11 is 5.23. The Kier molecular flexibility index (Phi) is 8.35. The van der Waals surface area contributed by atoms with Crippen LogP contribution in [0, 0.1) is 21.8 Å². The number of anilines is 1. The Morgan fingerprint density at radius 3 is 2.35 bits per heavy atom. The number of methoxy groups -OCH3 is 1. The van der Waals surface area contributed by atoms with Crippen LogP contribution < -0.4 is 14.2 Å². The fourth-order valence-corrected chi connectivity index (χ4v) is 4.92. The van der Waals surface area contributed by atoms with Crippen molar-refractivity contribution >= 4 is 66.3 Å². The van der Waals surface area contributed by atoms with E-state index >= 15 is 0 Å². The van der Waals surface area contributed by atoms with Gasteiger partial charge in [0.2, 0.25) is 0 Å². The number of benzene rings is 3. The van der Waals surface area contributed by atoms with Crippen molar-refractivity contribution in [3.63, 3.8) is 0 Å². The van der Waals surface area contributed by atoms with Gasteiger partial charge in [-0.15, -0.1) is 0 Å². The molecule has 7 nitrogen and oxygen atoms in total. The summed E-state index contributed by atoms with van der Waals surface area (Å²) in [6.45, 7) is 1.85. The molecule has 0 spiro atoms. The van der Waals surface area contributed by atoms with Gasteiger partial charge in [0, 0.05) is 10.2 Å². The lowest BCUT2D eigenvalue weighted by Gasteiger charge is -2.14. The molecule has 0 saturated heterocycles. The molecule has 3 rings (SSSR count). The molecule has 0 saturated carbocycles. The van der Waals surface area contributed by atoms with Crippen LogP contribution in [-0.4, -0.2) is 21.4 Å². The summed E-state index contributed by atoms with van der Waals surface area (Å²) in [4.78, 5) is 12.6. The van der Waals surface area contributed by atoms with Crippen LogP contribution in [0.2, 0.25) is 0 Å². The van der Waals surface area contributed by atoms with Gasteiger partial charge in [-0.1, -0.05) is 33.6 Å². The third-order valence-corrected chi connectivity index (χ3v) is 7.10. The van der Waals surface area contributed by atoms with Gasteiger partial charge in [0.15, 0.2) is 11.5 Å². The summed E-state index contributed by atoms with van der Waals surface area (Å²) in [5.41, 5.74) is 1.77. The molecule has 0 aliphatic carbocycles. The summed E-state index contributed by atoms with van der Waals surface area (Å²) in [6.07, 6.45) is 1.39. The maximum absolute atomic E-state index is 12.7. The van der Waals surface area contributed by atoms with Crippen molar-refractivity contribution in [3.05, 3.63) is 85.4 Å². The lowest BCUT2D eigenvalue weighted by Crippen LogP contribution is -2.13. The van der Waals surface area contributed by atoms with E-state index in [-0.39, 0.29) is 22.0 Å². The van der Waals surface area contributed by atoms with E-state index in [4.69, 9.17) is 8.92 Å².